The topological polar surface area (TPSA) is 77.7 Å². The molecule has 2 aliphatic heterocycles. The molecule has 2 fully saturated rings. The third-order valence-corrected chi connectivity index (χ3v) is 6.39. The molecule has 5 atom stereocenters. The number of likely N-dealkylation sites (N-methyl/N-ethyl adjacent to an activating group) is 1. The largest absolute Gasteiger partial charge is 0.497 e. The number of nitrogens with one attached hydrogen (secondary N) is 4. The minimum Gasteiger partial charge on any atom is -0.497 e. The van der Waals surface area contributed by atoms with Gasteiger partial charge in [-0.3, -0.25) is 10.2 Å². The standard InChI is InChI=1S/C23H31N5O2/c1-15(19-13-20(25-24-19)16-7-5-4-6-8-16)28(2)23(29)22-14-21(26-27-22)17-9-11-18(30-3)12-10-17/h4-12,15,19-22,24-27H,13-14H2,1-3H3. The van der Waals surface area contributed by atoms with E-state index in [1.165, 1.54) is 5.56 Å². The molecule has 1 amide bonds. The molecule has 0 aliphatic carbocycles. The van der Waals surface area contributed by atoms with E-state index in [-0.39, 0.29) is 36.1 Å². The molecule has 2 aliphatic rings. The lowest BCUT2D eigenvalue weighted by Crippen LogP contribution is -2.53. The van der Waals surface area contributed by atoms with Crippen molar-refractivity contribution in [3.8, 4) is 5.75 Å². The van der Waals surface area contributed by atoms with Crippen LogP contribution in [0.2, 0.25) is 0 Å². The molecule has 160 valence electrons. The third kappa shape index (κ3) is 4.34. The maximum atomic E-state index is 13.1. The zero-order valence-electron chi connectivity index (χ0n) is 17.8. The number of nitrogens with zero attached hydrogens (tertiary/aromatic N) is 1. The van der Waals surface area contributed by atoms with E-state index in [4.69, 9.17) is 4.74 Å². The lowest BCUT2D eigenvalue weighted by Gasteiger charge is -2.31. The van der Waals surface area contributed by atoms with E-state index >= 15 is 0 Å². The Balaban J connectivity index is 1.33. The van der Waals surface area contributed by atoms with Crippen LogP contribution in [-0.2, 0) is 4.79 Å². The highest BCUT2D eigenvalue weighted by Gasteiger charge is 2.37. The second kappa shape index (κ2) is 9.14. The van der Waals surface area contributed by atoms with Crippen molar-refractivity contribution in [2.45, 2.75) is 50.0 Å². The molecule has 0 aromatic heterocycles. The Kier molecular flexibility index (Phi) is 6.34. The van der Waals surface area contributed by atoms with Crippen LogP contribution in [0.1, 0.15) is 43.0 Å². The van der Waals surface area contributed by atoms with E-state index < -0.39 is 0 Å². The molecule has 2 aromatic carbocycles. The number of carbonyl (C=O) groups is 1. The maximum absolute atomic E-state index is 13.1. The molecule has 0 saturated carbocycles. The number of hydrogen-bond donors (Lipinski definition) is 4. The van der Waals surface area contributed by atoms with Crippen LogP contribution in [0.3, 0.4) is 0 Å². The van der Waals surface area contributed by atoms with Crippen LogP contribution in [0, 0.1) is 0 Å². The lowest BCUT2D eigenvalue weighted by molar-refractivity contribution is -0.134. The number of benzene rings is 2. The average molecular weight is 410 g/mol. The van der Waals surface area contributed by atoms with Crippen molar-refractivity contribution < 1.29 is 9.53 Å². The first-order chi connectivity index (χ1) is 14.6. The van der Waals surface area contributed by atoms with Crippen molar-refractivity contribution in [3.63, 3.8) is 0 Å². The van der Waals surface area contributed by atoms with Crippen molar-refractivity contribution in [3.05, 3.63) is 65.7 Å². The molecule has 5 unspecified atom stereocenters. The molecular weight excluding hydrogens is 378 g/mol. The summed E-state index contributed by atoms with van der Waals surface area (Å²) in [6.07, 6.45) is 1.65. The fourth-order valence-corrected chi connectivity index (χ4v) is 4.29. The number of hydrogen-bond acceptors (Lipinski definition) is 6. The van der Waals surface area contributed by atoms with Gasteiger partial charge >= 0.3 is 0 Å². The molecule has 7 heteroatoms. The summed E-state index contributed by atoms with van der Waals surface area (Å²) in [7, 11) is 3.56. The van der Waals surface area contributed by atoms with Gasteiger partial charge in [-0.15, -0.1) is 0 Å². The summed E-state index contributed by atoms with van der Waals surface area (Å²) in [5.74, 6) is 0.938. The zero-order chi connectivity index (χ0) is 21.1. The first-order valence-corrected chi connectivity index (χ1v) is 10.5. The van der Waals surface area contributed by atoms with E-state index in [9.17, 15) is 4.79 Å². The number of hydrazine groups is 2. The summed E-state index contributed by atoms with van der Waals surface area (Å²) in [5.41, 5.74) is 15.6. The Bertz CT molecular complexity index is 844. The molecule has 30 heavy (non-hydrogen) atoms. The highest BCUT2D eigenvalue weighted by molar-refractivity contribution is 5.82. The van der Waals surface area contributed by atoms with Gasteiger partial charge in [0.2, 0.25) is 5.91 Å². The van der Waals surface area contributed by atoms with Crippen molar-refractivity contribution in [1.82, 2.24) is 26.6 Å². The fraction of sp³-hybridized carbons (Fsp3) is 0.435. The van der Waals surface area contributed by atoms with E-state index in [0.717, 1.165) is 17.7 Å². The molecule has 0 bridgehead atoms. The zero-order valence-corrected chi connectivity index (χ0v) is 17.8. The van der Waals surface area contributed by atoms with Gasteiger partial charge in [-0.05, 0) is 43.0 Å². The third-order valence-electron chi connectivity index (χ3n) is 6.39. The quantitative estimate of drug-likeness (QED) is 0.585. The number of methoxy groups -OCH3 is 1. The number of amides is 1. The first kappa shape index (κ1) is 20.8. The Morgan fingerprint density at radius 1 is 0.933 bits per heavy atom. The van der Waals surface area contributed by atoms with Crippen molar-refractivity contribution >= 4 is 5.91 Å². The summed E-state index contributed by atoms with van der Waals surface area (Å²) in [6.45, 7) is 2.11. The summed E-state index contributed by atoms with van der Waals surface area (Å²) in [6, 6.07) is 18.7. The van der Waals surface area contributed by atoms with Gasteiger partial charge in [-0.2, -0.15) is 0 Å². The summed E-state index contributed by atoms with van der Waals surface area (Å²) in [5, 5.41) is 0. The minimum atomic E-state index is -0.246. The average Bonchev–Trinajstić information content (AvgIpc) is 3.49. The summed E-state index contributed by atoms with van der Waals surface area (Å²) >= 11 is 0. The molecule has 7 nitrogen and oxygen atoms in total. The molecule has 4 rings (SSSR count). The normalized spacial score (nSPS) is 27.0. The molecule has 0 spiro atoms. The SMILES string of the molecule is COc1ccc(C2CC(C(=O)N(C)C(C)C3CC(c4ccccc4)NN3)NN2)cc1. The van der Waals surface area contributed by atoms with Crippen LogP contribution in [0.25, 0.3) is 0 Å². The number of ether oxygens (including phenoxy) is 1. The van der Waals surface area contributed by atoms with Gasteiger partial charge in [0.1, 0.15) is 11.8 Å². The van der Waals surface area contributed by atoms with Crippen LogP contribution in [0.4, 0.5) is 0 Å². The van der Waals surface area contributed by atoms with Gasteiger partial charge in [-0.1, -0.05) is 42.5 Å². The molecule has 2 aromatic rings. The molecule has 4 N–H and O–H groups in total. The number of rotatable bonds is 6. The summed E-state index contributed by atoms with van der Waals surface area (Å²) in [4.78, 5) is 15.0. The van der Waals surface area contributed by atoms with Crippen molar-refractivity contribution in [2.75, 3.05) is 14.2 Å². The van der Waals surface area contributed by atoms with Crippen LogP contribution in [0.15, 0.2) is 54.6 Å². The maximum Gasteiger partial charge on any atom is 0.241 e. The highest BCUT2D eigenvalue weighted by Crippen LogP contribution is 2.27. The minimum absolute atomic E-state index is 0.0700. The van der Waals surface area contributed by atoms with Gasteiger partial charge in [0.05, 0.1) is 7.11 Å². The van der Waals surface area contributed by atoms with Gasteiger partial charge in [0.25, 0.3) is 0 Å². The number of carbonyl (C=O) groups excluding carboxylic acids is 1. The molecule has 2 saturated heterocycles. The van der Waals surface area contributed by atoms with Gasteiger partial charge in [-0.25, -0.2) is 16.3 Å². The van der Waals surface area contributed by atoms with Gasteiger partial charge in [0.15, 0.2) is 0 Å². The first-order valence-electron chi connectivity index (χ1n) is 10.5. The second-order valence-electron chi connectivity index (χ2n) is 8.19. The molecule has 2 heterocycles. The van der Waals surface area contributed by atoms with Gasteiger partial charge in [0, 0.05) is 31.2 Å². The summed E-state index contributed by atoms with van der Waals surface area (Å²) < 4.78 is 5.23. The second-order valence-corrected chi connectivity index (χ2v) is 8.19. The Morgan fingerprint density at radius 2 is 1.57 bits per heavy atom. The Morgan fingerprint density at radius 3 is 2.27 bits per heavy atom. The van der Waals surface area contributed by atoms with Crippen LogP contribution < -0.4 is 26.4 Å². The predicted octanol–water partition coefficient (Wildman–Crippen LogP) is 2.06. The van der Waals surface area contributed by atoms with Crippen LogP contribution in [-0.4, -0.2) is 43.1 Å². The lowest BCUT2D eigenvalue weighted by atomic mass is 9.97. The molecular formula is C23H31N5O2. The Hall–Kier alpha value is -2.45. The van der Waals surface area contributed by atoms with Crippen molar-refractivity contribution in [2.24, 2.45) is 0 Å². The van der Waals surface area contributed by atoms with Crippen molar-refractivity contribution in [1.29, 1.82) is 0 Å². The van der Waals surface area contributed by atoms with Crippen LogP contribution in [0.5, 0.6) is 5.75 Å². The Labute approximate surface area is 178 Å². The molecule has 0 radical (unpaired) electrons. The fourth-order valence-electron chi connectivity index (χ4n) is 4.29. The van der Waals surface area contributed by atoms with Gasteiger partial charge < -0.3 is 9.64 Å². The van der Waals surface area contributed by atoms with E-state index in [2.05, 4.69) is 52.9 Å². The van der Waals surface area contributed by atoms with E-state index in [0.29, 0.717) is 6.42 Å². The monoisotopic (exact) mass is 409 g/mol. The van der Waals surface area contributed by atoms with E-state index in [1.807, 2.05) is 42.3 Å². The van der Waals surface area contributed by atoms with Crippen LogP contribution >= 0.6 is 0 Å². The predicted molar refractivity (Wildman–Crippen MR) is 117 cm³/mol. The highest BCUT2D eigenvalue weighted by atomic mass is 16.5. The smallest absolute Gasteiger partial charge is 0.241 e. The van der Waals surface area contributed by atoms with E-state index in [1.54, 1.807) is 7.11 Å².